The van der Waals surface area contributed by atoms with Gasteiger partial charge in [0, 0.05) is 11.3 Å². The van der Waals surface area contributed by atoms with Gasteiger partial charge in [-0.2, -0.15) is 0 Å². The van der Waals surface area contributed by atoms with Crippen LogP contribution in [0.15, 0.2) is 42.6 Å². The number of benzene rings is 1. The number of carbonyl (C=O) groups excluding carboxylic acids is 2. The highest BCUT2D eigenvalue weighted by molar-refractivity contribution is 8.00. The highest BCUT2D eigenvalue weighted by Gasteiger charge is 2.12. The molecule has 24 heavy (non-hydrogen) atoms. The van der Waals surface area contributed by atoms with Gasteiger partial charge in [-0.25, -0.2) is 0 Å². The summed E-state index contributed by atoms with van der Waals surface area (Å²) in [5, 5.41) is 2.87. The Kier molecular flexibility index (Phi) is 5.64. The van der Waals surface area contributed by atoms with Gasteiger partial charge < -0.3 is 5.32 Å². The van der Waals surface area contributed by atoms with E-state index >= 15 is 0 Å². The topological polar surface area (TPSA) is 59.1 Å². The molecule has 124 valence electrons. The van der Waals surface area contributed by atoms with Gasteiger partial charge in [-0.05, 0) is 37.3 Å². The Morgan fingerprint density at radius 2 is 1.88 bits per heavy atom. The van der Waals surface area contributed by atoms with Crippen LogP contribution in [0.25, 0.3) is 0 Å². The molecule has 1 aliphatic rings. The van der Waals surface area contributed by atoms with Gasteiger partial charge in [-0.15, -0.1) is 11.8 Å². The van der Waals surface area contributed by atoms with E-state index in [9.17, 15) is 9.59 Å². The zero-order chi connectivity index (χ0) is 16.8. The molecule has 4 nitrogen and oxygen atoms in total. The predicted molar refractivity (Wildman–Crippen MR) is 97.6 cm³/mol. The number of carbonyl (C=O) groups is 2. The average molecular weight is 340 g/mol. The number of ketones is 1. The lowest BCUT2D eigenvalue weighted by molar-refractivity contribution is -0.113. The first-order valence-electron chi connectivity index (χ1n) is 8.16. The Morgan fingerprint density at radius 1 is 1.08 bits per heavy atom. The summed E-state index contributed by atoms with van der Waals surface area (Å²) in [6, 6.07) is 11.2. The van der Waals surface area contributed by atoms with Crippen molar-refractivity contribution >= 4 is 29.1 Å². The fourth-order valence-electron chi connectivity index (χ4n) is 2.80. The van der Waals surface area contributed by atoms with Gasteiger partial charge in [-0.1, -0.05) is 30.3 Å². The van der Waals surface area contributed by atoms with Crippen molar-refractivity contribution < 1.29 is 9.59 Å². The molecule has 2 aromatic rings. The van der Waals surface area contributed by atoms with Crippen LogP contribution in [-0.2, 0) is 17.6 Å². The summed E-state index contributed by atoms with van der Waals surface area (Å²) in [4.78, 5) is 28.5. The third kappa shape index (κ3) is 4.45. The average Bonchev–Trinajstić information content (AvgIpc) is 2.62. The first-order valence-corrected chi connectivity index (χ1v) is 9.31. The molecule has 1 N–H and O–H groups in total. The van der Waals surface area contributed by atoms with Crippen molar-refractivity contribution in [3.63, 3.8) is 0 Å². The molecular formula is C19H20N2O2S. The summed E-state index contributed by atoms with van der Waals surface area (Å²) in [5.74, 6) is 0.512. The highest BCUT2D eigenvalue weighted by Crippen LogP contribution is 2.22. The lowest BCUT2D eigenvalue weighted by atomic mass is 9.96. The molecule has 1 heterocycles. The second-order valence-electron chi connectivity index (χ2n) is 5.87. The summed E-state index contributed by atoms with van der Waals surface area (Å²) in [6.45, 7) is 0. The number of hydrogen-bond acceptors (Lipinski definition) is 4. The van der Waals surface area contributed by atoms with E-state index in [0.29, 0.717) is 11.3 Å². The van der Waals surface area contributed by atoms with Crippen molar-refractivity contribution in [3.8, 4) is 0 Å². The normalized spacial score (nSPS) is 13.2. The van der Waals surface area contributed by atoms with Crippen LogP contribution < -0.4 is 5.32 Å². The molecule has 0 bridgehead atoms. The maximum atomic E-state index is 12.0. The fraction of sp³-hybridized carbons (Fsp3) is 0.316. The maximum absolute atomic E-state index is 12.0. The number of amides is 1. The molecule has 1 aromatic heterocycles. The van der Waals surface area contributed by atoms with Gasteiger partial charge >= 0.3 is 0 Å². The largest absolute Gasteiger partial charge is 0.324 e. The van der Waals surface area contributed by atoms with Crippen LogP contribution in [0.2, 0.25) is 0 Å². The van der Waals surface area contributed by atoms with Crippen molar-refractivity contribution in [2.45, 2.75) is 25.7 Å². The van der Waals surface area contributed by atoms with Crippen LogP contribution in [0, 0.1) is 0 Å². The molecule has 0 saturated carbocycles. The van der Waals surface area contributed by atoms with E-state index in [1.54, 1.807) is 18.3 Å². The SMILES string of the molecule is O=C(CSCC(=O)c1ccccc1)Nc1cnc2c(c1)CCCC2. The quantitative estimate of drug-likeness (QED) is 0.818. The van der Waals surface area contributed by atoms with Crippen molar-refractivity contribution in [2.24, 2.45) is 0 Å². The number of Topliss-reactive ketones (excluding diaryl/α,β-unsaturated/α-hetero) is 1. The second kappa shape index (κ2) is 8.11. The van der Waals surface area contributed by atoms with E-state index in [0.717, 1.165) is 24.2 Å². The third-order valence-electron chi connectivity index (χ3n) is 4.02. The predicted octanol–water partition coefficient (Wildman–Crippen LogP) is 3.52. The molecule has 1 amide bonds. The number of nitrogens with one attached hydrogen (secondary N) is 1. The molecule has 0 spiro atoms. The van der Waals surface area contributed by atoms with Gasteiger partial charge in [0.05, 0.1) is 23.4 Å². The summed E-state index contributed by atoms with van der Waals surface area (Å²) in [5.41, 5.74) is 3.83. The van der Waals surface area contributed by atoms with Gasteiger partial charge in [0.2, 0.25) is 5.91 Å². The summed E-state index contributed by atoms with van der Waals surface area (Å²) >= 11 is 1.33. The molecule has 3 rings (SSSR count). The Labute approximate surface area is 146 Å². The number of rotatable bonds is 6. The minimum Gasteiger partial charge on any atom is -0.324 e. The van der Waals surface area contributed by atoms with E-state index < -0.39 is 0 Å². The molecule has 0 atom stereocenters. The minimum absolute atomic E-state index is 0.0452. The second-order valence-corrected chi connectivity index (χ2v) is 6.85. The van der Waals surface area contributed by atoms with Gasteiger partial charge in [0.1, 0.15) is 0 Å². The van der Waals surface area contributed by atoms with Crippen molar-refractivity contribution in [3.05, 3.63) is 59.4 Å². The number of pyridine rings is 1. The Hall–Kier alpha value is -2.14. The maximum Gasteiger partial charge on any atom is 0.234 e. The Balaban J connectivity index is 1.47. The van der Waals surface area contributed by atoms with E-state index in [2.05, 4.69) is 10.3 Å². The molecule has 0 radical (unpaired) electrons. The fourth-order valence-corrected chi connectivity index (χ4v) is 3.51. The zero-order valence-corrected chi connectivity index (χ0v) is 14.3. The number of fused-ring (bicyclic) bond motifs is 1. The van der Waals surface area contributed by atoms with Crippen LogP contribution in [0.5, 0.6) is 0 Å². The van der Waals surface area contributed by atoms with Crippen molar-refractivity contribution in [1.82, 2.24) is 4.98 Å². The van der Waals surface area contributed by atoms with Crippen molar-refractivity contribution in [2.75, 3.05) is 16.8 Å². The third-order valence-corrected chi connectivity index (χ3v) is 4.95. The van der Waals surface area contributed by atoms with E-state index in [1.807, 2.05) is 24.3 Å². The van der Waals surface area contributed by atoms with E-state index in [4.69, 9.17) is 0 Å². The molecule has 0 saturated heterocycles. The number of thioether (sulfide) groups is 1. The smallest absolute Gasteiger partial charge is 0.234 e. The summed E-state index contributed by atoms with van der Waals surface area (Å²) in [7, 11) is 0. The van der Waals surface area contributed by atoms with Crippen molar-refractivity contribution in [1.29, 1.82) is 0 Å². The van der Waals surface area contributed by atoms with Crippen LogP contribution in [0.1, 0.15) is 34.5 Å². The number of anilines is 1. The number of nitrogens with zero attached hydrogens (tertiary/aromatic N) is 1. The lowest BCUT2D eigenvalue weighted by Crippen LogP contribution is -2.16. The molecular weight excluding hydrogens is 320 g/mol. The van der Waals surface area contributed by atoms with Gasteiger partial charge in [0.15, 0.2) is 5.78 Å². The molecule has 5 heteroatoms. The number of aryl methyl sites for hydroxylation is 2. The van der Waals surface area contributed by atoms with Gasteiger partial charge in [-0.3, -0.25) is 14.6 Å². The molecule has 0 aliphatic heterocycles. The molecule has 1 aromatic carbocycles. The Bertz CT molecular complexity index is 731. The molecule has 0 fully saturated rings. The standard InChI is InChI=1S/C19H20N2O2S/c22-18(14-6-2-1-3-7-14)12-24-13-19(23)21-16-10-15-8-4-5-9-17(15)20-11-16/h1-3,6-7,10-11H,4-5,8-9,12-13H2,(H,21,23). The monoisotopic (exact) mass is 340 g/mol. The van der Waals surface area contributed by atoms with Crippen LogP contribution in [-0.4, -0.2) is 28.2 Å². The number of hydrogen-bond donors (Lipinski definition) is 1. The minimum atomic E-state index is -0.0987. The first kappa shape index (κ1) is 16.7. The zero-order valence-electron chi connectivity index (χ0n) is 13.5. The van der Waals surface area contributed by atoms with Crippen LogP contribution in [0.3, 0.4) is 0 Å². The summed E-state index contributed by atoms with van der Waals surface area (Å²) in [6.07, 6.45) is 6.16. The van der Waals surface area contributed by atoms with E-state index in [-0.39, 0.29) is 17.4 Å². The molecule has 1 aliphatic carbocycles. The summed E-state index contributed by atoms with van der Waals surface area (Å²) < 4.78 is 0. The van der Waals surface area contributed by atoms with Gasteiger partial charge in [0.25, 0.3) is 0 Å². The number of aromatic nitrogens is 1. The van der Waals surface area contributed by atoms with Crippen LogP contribution in [0.4, 0.5) is 5.69 Å². The highest BCUT2D eigenvalue weighted by atomic mass is 32.2. The lowest BCUT2D eigenvalue weighted by Gasteiger charge is -2.15. The van der Waals surface area contributed by atoms with E-state index in [1.165, 1.54) is 30.2 Å². The first-order chi connectivity index (χ1) is 11.7. The van der Waals surface area contributed by atoms with Crippen LogP contribution >= 0.6 is 11.8 Å². The Morgan fingerprint density at radius 3 is 2.71 bits per heavy atom. The molecule has 0 unspecified atom stereocenters.